The Kier molecular flexibility index (Phi) is 8.45. The Balaban J connectivity index is 1.22. The molecular formula is C26H22S5. The van der Waals surface area contributed by atoms with Gasteiger partial charge in [-0.3, -0.25) is 0 Å². The molecule has 4 rings (SSSR count). The van der Waals surface area contributed by atoms with E-state index in [1.165, 1.54) is 43.2 Å². The zero-order valence-corrected chi connectivity index (χ0v) is 21.4. The first kappa shape index (κ1) is 22.8. The van der Waals surface area contributed by atoms with Crippen molar-refractivity contribution in [3.8, 4) is 22.3 Å². The van der Waals surface area contributed by atoms with Crippen molar-refractivity contribution in [2.75, 3.05) is 0 Å². The molecule has 31 heavy (non-hydrogen) atoms. The predicted octanol–water partition coefficient (Wildman–Crippen LogP) is 10.4. The van der Waals surface area contributed by atoms with Crippen LogP contribution in [0, 0.1) is 13.8 Å². The normalized spacial score (nSPS) is 10.9. The maximum absolute atomic E-state index is 2.22. The van der Waals surface area contributed by atoms with Gasteiger partial charge in [0.05, 0.1) is 0 Å². The highest BCUT2D eigenvalue weighted by Gasteiger charge is 2.04. The Morgan fingerprint density at radius 2 is 0.806 bits per heavy atom. The Morgan fingerprint density at radius 3 is 1.19 bits per heavy atom. The lowest BCUT2D eigenvalue weighted by atomic mass is 10.0. The maximum Gasteiger partial charge on any atom is 0.0191 e. The predicted molar refractivity (Wildman–Crippen MR) is 148 cm³/mol. The van der Waals surface area contributed by atoms with Crippen LogP contribution in [0.25, 0.3) is 22.3 Å². The summed E-state index contributed by atoms with van der Waals surface area (Å²) in [5.41, 5.74) is 7.79. The molecular weight excluding hydrogens is 473 g/mol. The van der Waals surface area contributed by atoms with Crippen molar-refractivity contribution in [3.63, 3.8) is 0 Å². The molecule has 0 saturated heterocycles. The first-order valence-electron chi connectivity index (χ1n) is 9.87. The summed E-state index contributed by atoms with van der Waals surface area (Å²) in [6.07, 6.45) is 0. The fraction of sp³-hybridized carbons (Fsp3) is 0.0769. The van der Waals surface area contributed by atoms with E-state index in [-0.39, 0.29) is 0 Å². The SMILES string of the molecule is Cc1ccccc1-c1ccc(SSSSSc2ccc(-c3ccccc3C)cc2)cc1. The van der Waals surface area contributed by atoms with E-state index in [4.69, 9.17) is 0 Å². The molecule has 0 N–H and O–H groups in total. The molecule has 4 aromatic rings. The molecule has 0 aliphatic carbocycles. The summed E-state index contributed by atoms with van der Waals surface area (Å²) in [4.78, 5) is 2.56. The second-order valence-corrected chi connectivity index (χ2v) is 14.6. The van der Waals surface area contributed by atoms with E-state index in [0.29, 0.717) is 0 Å². The summed E-state index contributed by atoms with van der Waals surface area (Å²) >= 11 is 0. The Labute approximate surface area is 204 Å². The number of hydrogen-bond acceptors (Lipinski definition) is 5. The minimum atomic E-state index is 1.28. The molecule has 0 aliphatic heterocycles. The summed E-state index contributed by atoms with van der Waals surface area (Å²) in [5.74, 6) is 0. The van der Waals surface area contributed by atoms with E-state index < -0.39 is 0 Å². The molecule has 0 unspecified atom stereocenters. The first-order valence-corrected chi connectivity index (χ1v) is 16.0. The van der Waals surface area contributed by atoms with E-state index >= 15 is 0 Å². The van der Waals surface area contributed by atoms with Crippen molar-refractivity contribution in [1.29, 1.82) is 0 Å². The van der Waals surface area contributed by atoms with Crippen LogP contribution in [-0.4, -0.2) is 0 Å². The highest BCUT2D eigenvalue weighted by atomic mass is 33.8. The molecule has 0 atom stereocenters. The van der Waals surface area contributed by atoms with Crippen LogP contribution in [-0.2, 0) is 0 Å². The van der Waals surface area contributed by atoms with Gasteiger partial charge in [-0.25, -0.2) is 0 Å². The van der Waals surface area contributed by atoms with E-state index in [2.05, 4.69) is 111 Å². The molecule has 156 valence electrons. The third-order valence-corrected chi connectivity index (χ3v) is 13.2. The lowest BCUT2D eigenvalue weighted by Gasteiger charge is -2.07. The quantitative estimate of drug-likeness (QED) is 0.176. The van der Waals surface area contributed by atoms with E-state index in [9.17, 15) is 0 Å². The van der Waals surface area contributed by atoms with Gasteiger partial charge in [0.25, 0.3) is 0 Å². The smallest absolute Gasteiger partial charge is 0.0191 e. The average Bonchev–Trinajstić information content (AvgIpc) is 2.81. The van der Waals surface area contributed by atoms with Gasteiger partial charge in [0.1, 0.15) is 0 Å². The van der Waals surface area contributed by atoms with Crippen molar-refractivity contribution in [2.24, 2.45) is 0 Å². The van der Waals surface area contributed by atoms with Gasteiger partial charge in [-0.2, -0.15) is 0 Å². The fourth-order valence-corrected chi connectivity index (χ4v) is 11.5. The standard InChI is InChI=1S/C26H22S5/c1-19-7-3-5-9-25(19)21-11-15-23(16-12-21)27-29-31-30-28-24-17-13-22(14-18-24)26-10-6-4-8-20(26)2/h3-18H,1-2H3. The summed E-state index contributed by atoms with van der Waals surface area (Å²) in [5, 5.41) is 0. The highest BCUT2D eigenvalue weighted by molar-refractivity contribution is 9.35. The van der Waals surface area contributed by atoms with Crippen LogP contribution in [0.3, 0.4) is 0 Å². The molecule has 0 nitrogen and oxygen atoms in total. The van der Waals surface area contributed by atoms with Gasteiger partial charge in [-0.15, -0.1) is 0 Å². The molecule has 4 aromatic carbocycles. The van der Waals surface area contributed by atoms with Crippen LogP contribution in [0.5, 0.6) is 0 Å². The van der Waals surface area contributed by atoms with E-state index in [0.717, 1.165) is 0 Å². The number of aryl methyl sites for hydroxylation is 2. The van der Waals surface area contributed by atoms with Crippen molar-refractivity contribution >= 4 is 51.1 Å². The van der Waals surface area contributed by atoms with Gasteiger partial charge in [-0.05, 0) is 123 Å². The fourth-order valence-electron chi connectivity index (χ4n) is 3.29. The molecule has 0 amide bonds. The second kappa shape index (κ2) is 11.5. The van der Waals surface area contributed by atoms with Crippen molar-refractivity contribution < 1.29 is 0 Å². The number of rotatable bonds is 8. The number of benzene rings is 4. The molecule has 0 fully saturated rings. The molecule has 0 radical (unpaired) electrons. The van der Waals surface area contributed by atoms with Gasteiger partial charge in [0.2, 0.25) is 0 Å². The topological polar surface area (TPSA) is 0 Å². The zero-order chi connectivity index (χ0) is 21.5. The third-order valence-electron chi connectivity index (χ3n) is 4.94. The largest absolute Gasteiger partial charge is 0.0620 e. The zero-order valence-electron chi connectivity index (χ0n) is 17.3. The molecule has 0 spiro atoms. The van der Waals surface area contributed by atoms with Crippen LogP contribution in [0.2, 0.25) is 0 Å². The van der Waals surface area contributed by atoms with Gasteiger partial charge in [0, 0.05) is 9.79 Å². The van der Waals surface area contributed by atoms with Gasteiger partial charge < -0.3 is 0 Å². The third kappa shape index (κ3) is 6.33. The average molecular weight is 495 g/mol. The van der Waals surface area contributed by atoms with Gasteiger partial charge in [-0.1, -0.05) is 72.8 Å². The van der Waals surface area contributed by atoms with Gasteiger partial charge >= 0.3 is 0 Å². The summed E-state index contributed by atoms with van der Waals surface area (Å²) in [6, 6.07) is 34.8. The lowest BCUT2D eigenvalue weighted by Crippen LogP contribution is -1.81. The molecule has 0 heterocycles. The van der Waals surface area contributed by atoms with Gasteiger partial charge in [0.15, 0.2) is 0 Å². The van der Waals surface area contributed by atoms with E-state index in [1.807, 2.05) is 51.1 Å². The number of hydrogen-bond donors (Lipinski definition) is 0. The van der Waals surface area contributed by atoms with Crippen LogP contribution in [0.4, 0.5) is 0 Å². The van der Waals surface area contributed by atoms with Crippen molar-refractivity contribution in [3.05, 3.63) is 108 Å². The molecule has 0 saturated carbocycles. The Hall–Kier alpha value is -1.37. The van der Waals surface area contributed by atoms with Crippen molar-refractivity contribution in [2.45, 2.75) is 23.6 Å². The Morgan fingerprint density at radius 1 is 0.419 bits per heavy atom. The highest BCUT2D eigenvalue weighted by Crippen LogP contribution is 2.52. The van der Waals surface area contributed by atoms with Crippen molar-refractivity contribution in [1.82, 2.24) is 0 Å². The Bertz CT molecular complexity index is 1030. The minimum Gasteiger partial charge on any atom is -0.0620 e. The second-order valence-electron chi connectivity index (χ2n) is 7.05. The van der Waals surface area contributed by atoms with Crippen LogP contribution < -0.4 is 0 Å². The lowest BCUT2D eigenvalue weighted by molar-refractivity contribution is 1.42. The van der Waals surface area contributed by atoms with Crippen LogP contribution >= 0.6 is 51.1 Å². The monoisotopic (exact) mass is 494 g/mol. The van der Waals surface area contributed by atoms with Crippen LogP contribution in [0.1, 0.15) is 11.1 Å². The molecule has 5 heteroatoms. The maximum atomic E-state index is 2.22. The van der Waals surface area contributed by atoms with Crippen LogP contribution in [0.15, 0.2) is 107 Å². The summed E-state index contributed by atoms with van der Waals surface area (Å²) in [7, 11) is 9.04. The molecule has 0 bridgehead atoms. The first-order chi connectivity index (χ1) is 15.2. The summed E-state index contributed by atoms with van der Waals surface area (Å²) < 4.78 is 0. The summed E-state index contributed by atoms with van der Waals surface area (Å²) in [6.45, 7) is 4.32. The molecule has 0 aliphatic rings. The molecule has 0 aromatic heterocycles. The van der Waals surface area contributed by atoms with E-state index in [1.54, 1.807) is 0 Å². The minimum absolute atomic E-state index is 1.28.